The summed E-state index contributed by atoms with van der Waals surface area (Å²) in [6.07, 6.45) is 9.11. The minimum Gasteiger partial charge on any atom is -0.322 e. The topological polar surface area (TPSA) is 118 Å². The third-order valence-corrected chi connectivity index (χ3v) is 6.92. The summed E-state index contributed by atoms with van der Waals surface area (Å²) in [7, 11) is -2.09. The number of rotatable bonds is 3. The molecule has 1 fully saturated rings. The van der Waals surface area contributed by atoms with Crippen molar-refractivity contribution in [3.63, 3.8) is 0 Å². The maximum Gasteiger partial charge on any atom is 0.238 e. The Bertz CT molecular complexity index is 1310. The second-order valence-corrected chi connectivity index (χ2v) is 9.62. The highest BCUT2D eigenvalue weighted by Crippen LogP contribution is 2.42. The average molecular weight is 444 g/mol. The molecule has 1 aliphatic carbocycles. The van der Waals surface area contributed by atoms with Gasteiger partial charge >= 0.3 is 0 Å². The lowest BCUT2D eigenvalue weighted by atomic mass is 9.82. The fraction of sp³-hybridized carbons (Fsp3) is 0.350. The number of nitrogens with zero attached hydrogens (tertiary/aromatic N) is 5. The van der Waals surface area contributed by atoms with Crippen molar-refractivity contribution >= 4 is 44.7 Å². The van der Waals surface area contributed by atoms with E-state index in [-0.39, 0.29) is 22.1 Å². The number of hydrogen-bond donors (Lipinski definition) is 2. The van der Waals surface area contributed by atoms with E-state index in [2.05, 4.69) is 25.0 Å². The van der Waals surface area contributed by atoms with Gasteiger partial charge in [0.05, 0.1) is 22.3 Å². The molecule has 0 unspecified atom stereocenters. The monoisotopic (exact) mass is 443 g/mol. The summed E-state index contributed by atoms with van der Waals surface area (Å²) in [5, 5.41) is 15.2. The normalized spacial score (nSPS) is 17.8. The Balaban J connectivity index is 1.57. The average Bonchev–Trinajstić information content (AvgIpc) is 3.13. The summed E-state index contributed by atoms with van der Waals surface area (Å²) in [5.41, 5.74) is 0.577. The molecule has 0 amide bonds. The molecule has 1 aromatic carbocycles. The first kappa shape index (κ1) is 19.9. The Kier molecular flexibility index (Phi) is 4.48. The Morgan fingerprint density at radius 1 is 1.19 bits per heavy atom. The van der Waals surface area contributed by atoms with Gasteiger partial charge in [-0.05, 0) is 37.1 Å². The van der Waals surface area contributed by atoms with Crippen molar-refractivity contribution in [1.29, 1.82) is 0 Å². The molecule has 3 aromatic rings. The number of anilines is 3. The van der Waals surface area contributed by atoms with Crippen molar-refractivity contribution in [3.05, 3.63) is 36.3 Å². The van der Waals surface area contributed by atoms with Crippen molar-refractivity contribution in [2.24, 2.45) is 10.2 Å². The van der Waals surface area contributed by atoms with Gasteiger partial charge in [-0.1, -0.05) is 19.3 Å². The summed E-state index contributed by atoms with van der Waals surface area (Å²) < 4.78 is 39.5. The molecule has 31 heavy (non-hydrogen) atoms. The van der Waals surface area contributed by atoms with Crippen LogP contribution in [-0.2, 0) is 15.6 Å². The van der Waals surface area contributed by atoms with E-state index in [0.29, 0.717) is 0 Å². The molecule has 0 atom stereocenters. The molecular weight excluding hydrogens is 421 g/mol. The number of halogens is 1. The smallest absolute Gasteiger partial charge is 0.238 e. The maximum atomic E-state index is 14.5. The molecule has 1 spiro atoms. The fourth-order valence-corrected chi connectivity index (χ4v) is 4.96. The molecular formula is C20H22FN7O2S. The molecule has 3 heterocycles. The van der Waals surface area contributed by atoms with Gasteiger partial charge in [-0.2, -0.15) is 10.1 Å². The van der Waals surface area contributed by atoms with Crippen LogP contribution in [0, 0.1) is 5.82 Å². The van der Waals surface area contributed by atoms with Crippen LogP contribution in [0.2, 0.25) is 0 Å². The lowest BCUT2D eigenvalue weighted by Gasteiger charge is -2.40. The quantitative estimate of drug-likeness (QED) is 0.642. The first-order valence-electron chi connectivity index (χ1n) is 10.0. The van der Waals surface area contributed by atoms with Crippen LogP contribution in [0.3, 0.4) is 0 Å². The number of nitrogens with one attached hydrogen (secondary N) is 1. The third kappa shape index (κ3) is 3.33. The lowest BCUT2D eigenvalue weighted by Crippen LogP contribution is -2.42. The lowest BCUT2D eigenvalue weighted by molar-refractivity contribution is 0.290. The van der Waals surface area contributed by atoms with Crippen molar-refractivity contribution in [1.82, 2.24) is 14.5 Å². The number of fused-ring (bicyclic) bond motifs is 4. The van der Waals surface area contributed by atoms with Gasteiger partial charge < -0.3 is 5.32 Å². The Hall–Kier alpha value is -3.05. The number of hydrogen-bond acceptors (Lipinski definition) is 7. The van der Waals surface area contributed by atoms with Gasteiger partial charge in [0.15, 0.2) is 0 Å². The zero-order valence-corrected chi connectivity index (χ0v) is 17.7. The van der Waals surface area contributed by atoms with E-state index in [1.807, 2.05) is 24.3 Å². The van der Waals surface area contributed by atoms with Crippen LogP contribution in [-0.4, -0.2) is 36.2 Å². The highest BCUT2D eigenvalue weighted by molar-refractivity contribution is 7.89. The largest absolute Gasteiger partial charge is 0.322 e. The first-order chi connectivity index (χ1) is 14.8. The summed E-state index contributed by atoms with van der Waals surface area (Å²) >= 11 is 0. The van der Waals surface area contributed by atoms with E-state index >= 15 is 0 Å². The van der Waals surface area contributed by atoms with Crippen LogP contribution in [0.5, 0.6) is 0 Å². The van der Waals surface area contributed by atoms with Crippen molar-refractivity contribution in [3.8, 4) is 0 Å². The second kappa shape index (κ2) is 6.99. The number of benzene rings is 1. The molecule has 2 aromatic heterocycles. The van der Waals surface area contributed by atoms with Crippen LogP contribution >= 0.6 is 0 Å². The van der Waals surface area contributed by atoms with Gasteiger partial charge in [-0.25, -0.2) is 22.9 Å². The predicted octanol–water partition coefficient (Wildman–Crippen LogP) is 3.06. The maximum absolute atomic E-state index is 14.5. The van der Waals surface area contributed by atoms with Crippen molar-refractivity contribution < 1.29 is 12.8 Å². The van der Waals surface area contributed by atoms with Gasteiger partial charge in [0.2, 0.25) is 16.0 Å². The van der Waals surface area contributed by atoms with E-state index < -0.39 is 15.8 Å². The highest BCUT2D eigenvalue weighted by Gasteiger charge is 2.38. The third-order valence-electron chi connectivity index (χ3n) is 6.00. The molecule has 1 saturated carbocycles. The summed E-state index contributed by atoms with van der Waals surface area (Å²) in [6, 6.07) is 5.42. The molecule has 162 valence electrons. The van der Waals surface area contributed by atoms with E-state index in [4.69, 9.17) is 5.14 Å². The SMILES string of the molecule is CN1N=CC2(CCCCC2)n2c1cc1cnc(Nc3ccc(S(N)(=O)=O)cc3F)nc12. The van der Waals surface area contributed by atoms with Crippen LogP contribution < -0.4 is 15.5 Å². The molecule has 3 N–H and O–H groups in total. The molecule has 11 heteroatoms. The zero-order chi connectivity index (χ0) is 21.8. The molecule has 0 saturated heterocycles. The summed E-state index contributed by atoms with van der Waals surface area (Å²) in [6.45, 7) is 0. The predicted molar refractivity (Wildman–Crippen MR) is 117 cm³/mol. The van der Waals surface area contributed by atoms with Crippen LogP contribution in [0.4, 0.5) is 21.8 Å². The zero-order valence-electron chi connectivity index (χ0n) is 16.9. The fourth-order valence-electron chi connectivity index (χ4n) is 4.43. The molecule has 5 rings (SSSR count). The van der Waals surface area contributed by atoms with Gasteiger partial charge in [0.1, 0.15) is 17.3 Å². The van der Waals surface area contributed by atoms with Gasteiger partial charge in [-0.3, -0.25) is 9.58 Å². The Labute approximate surface area is 178 Å². The molecule has 1 aliphatic heterocycles. The minimum absolute atomic E-state index is 0.0585. The van der Waals surface area contributed by atoms with E-state index in [1.165, 1.54) is 18.6 Å². The van der Waals surface area contributed by atoms with E-state index in [1.54, 1.807) is 6.20 Å². The van der Waals surface area contributed by atoms with Crippen LogP contribution in [0.15, 0.2) is 40.5 Å². The number of nitrogens with two attached hydrogens (primary N) is 1. The summed E-state index contributed by atoms with van der Waals surface area (Å²) in [5.74, 6) is 0.393. The van der Waals surface area contributed by atoms with Crippen LogP contribution in [0.25, 0.3) is 11.0 Å². The van der Waals surface area contributed by atoms with Gasteiger partial charge in [-0.15, -0.1) is 0 Å². The second-order valence-electron chi connectivity index (χ2n) is 8.05. The molecule has 9 nitrogen and oxygen atoms in total. The van der Waals surface area contributed by atoms with Crippen molar-refractivity contribution in [2.75, 3.05) is 17.4 Å². The minimum atomic E-state index is -3.99. The standard InChI is InChI=1S/C20H22FN7O2S/c1-27-17-9-13-11-23-19(25-16-6-5-14(10-15(16)21)31(22,29)30)26-18(13)28(17)20(12-24-27)7-3-2-4-8-20/h5-6,9-12H,2-4,7-8H2,1H3,(H2,22,29,30)(H,23,25,26). The molecule has 0 bridgehead atoms. The van der Waals surface area contributed by atoms with Gasteiger partial charge in [0, 0.05) is 18.6 Å². The highest BCUT2D eigenvalue weighted by atomic mass is 32.2. The Morgan fingerprint density at radius 2 is 1.97 bits per heavy atom. The van der Waals surface area contributed by atoms with Gasteiger partial charge in [0.25, 0.3) is 0 Å². The van der Waals surface area contributed by atoms with E-state index in [9.17, 15) is 12.8 Å². The van der Waals surface area contributed by atoms with E-state index in [0.717, 1.165) is 48.6 Å². The van der Waals surface area contributed by atoms with Crippen LogP contribution in [0.1, 0.15) is 32.1 Å². The first-order valence-corrected chi connectivity index (χ1v) is 11.6. The number of primary sulfonamides is 1. The van der Waals surface area contributed by atoms with Crippen molar-refractivity contribution in [2.45, 2.75) is 42.5 Å². The molecule has 0 radical (unpaired) electrons. The number of aromatic nitrogens is 3. The molecule has 2 aliphatic rings. The Morgan fingerprint density at radius 3 is 2.68 bits per heavy atom. The number of hydrazone groups is 1. The number of sulfonamides is 1. The summed E-state index contributed by atoms with van der Waals surface area (Å²) in [4.78, 5) is 8.70.